The highest BCUT2D eigenvalue weighted by atomic mass is 127. The van der Waals surface area contributed by atoms with Crippen LogP contribution in [0.5, 0.6) is 11.5 Å². The molecule has 0 aromatic heterocycles. The van der Waals surface area contributed by atoms with E-state index in [1.54, 1.807) is 44.6 Å². The van der Waals surface area contributed by atoms with Crippen molar-refractivity contribution in [1.82, 2.24) is 0 Å². The number of guanidine groups is 1. The summed E-state index contributed by atoms with van der Waals surface area (Å²) >= 11 is 3.17. The lowest BCUT2D eigenvalue weighted by atomic mass is 10.1. The van der Waals surface area contributed by atoms with Crippen LogP contribution in [0.2, 0.25) is 0 Å². The molecule has 0 radical (unpaired) electrons. The quantitative estimate of drug-likeness (QED) is 0.338. The predicted octanol–water partition coefficient (Wildman–Crippen LogP) is 4.19. The molecule has 0 amide bonds. The molecule has 0 spiro atoms. The maximum absolute atomic E-state index is 13.2. The summed E-state index contributed by atoms with van der Waals surface area (Å²) in [5.74, 6) is 1.30. The van der Waals surface area contributed by atoms with E-state index >= 15 is 0 Å². The zero-order valence-electron chi connectivity index (χ0n) is 13.9. The average molecular weight is 524 g/mol. The molecule has 5 nitrogen and oxygen atoms in total. The summed E-state index contributed by atoms with van der Waals surface area (Å²) in [6, 6.07) is 10.2. The number of nitrogens with zero attached hydrogens (tertiary/aromatic N) is 1. The minimum Gasteiger partial charge on any atom is -0.497 e. The van der Waals surface area contributed by atoms with Crippen molar-refractivity contribution in [3.8, 4) is 11.5 Å². The minimum absolute atomic E-state index is 0. The van der Waals surface area contributed by atoms with E-state index in [0.717, 1.165) is 5.56 Å². The number of benzene rings is 2. The van der Waals surface area contributed by atoms with Crippen molar-refractivity contribution in [3.63, 3.8) is 0 Å². The van der Waals surface area contributed by atoms with Gasteiger partial charge < -0.3 is 20.5 Å². The highest BCUT2D eigenvalue weighted by molar-refractivity contribution is 14.0. The molecule has 0 saturated carbocycles. The molecule has 0 aliphatic rings. The largest absolute Gasteiger partial charge is 0.497 e. The van der Waals surface area contributed by atoms with Gasteiger partial charge in [-0.3, -0.25) is 4.99 Å². The Morgan fingerprint density at radius 2 is 1.96 bits per heavy atom. The van der Waals surface area contributed by atoms with Crippen molar-refractivity contribution in [1.29, 1.82) is 0 Å². The van der Waals surface area contributed by atoms with E-state index in [1.807, 2.05) is 0 Å². The Morgan fingerprint density at radius 3 is 2.60 bits per heavy atom. The maximum atomic E-state index is 13.2. The van der Waals surface area contributed by atoms with Crippen LogP contribution in [0.15, 0.2) is 45.9 Å². The summed E-state index contributed by atoms with van der Waals surface area (Å²) in [4.78, 5) is 4.28. The number of ether oxygens (including phenoxy) is 2. The third-order valence-corrected chi connectivity index (χ3v) is 3.94. The van der Waals surface area contributed by atoms with Crippen LogP contribution in [-0.4, -0.2) is 26.7 Å². The van der Waals surface area contributed by atoms with Gasteiger partial charge in [-0.05, 0) is 52.2 Å². The van der Waals surface area contributed by atoms with Gasteiger partial charge in [-0.15, -0.1) is 24.0 Å². The Kier molecular flexibility index (Phi) is 8.98. The van der Waals surface area contributed by atoms with Gasteiger partial charge in [0, 0.05) is 12.6 Å². The second kappa shape index (κ2) is 10.4. The van der Waals surface area contributed by atoms with Crippen molar-refractivity contribution in [3.05, 3.63) is 52.3 Å². The molecule has 0 bridgehead atoms. The van der Waals surface area contributed by atoms with Gasteiger partial charge in [0.2, 0.25) is 0 Å². The van der Waals surface area contributed by atoms with Crippen LogP contribution in [0.25, 0.3) is 0 Å². The molecule has 0 unspecified atom stereocenters. The number of halogens is 3. The number of nitrogens with one attached hydrogen (secondary N) is 1. The Labute approximate surface area is 172 Å². The summed E-state index contributed by atoms with van der Waals surface area (Å²) in [6.07, 6.45) is 0.649. The summed E-state index contributed by atoms with van der Waals surface area (Å²) < 4.78 is 24.1. The zero-order chi connectivity index (χ0) is 17.5. The van der Waals surface area contributed by atoms with Gasteiger partial charge in [0.1, 0.15) is 17.3 Å². The SMILES string of the molecule is COc1ccc(OC)c(NC(N)=NCCc2ccc(F)c(Br)c2)c1.I. The topological polar surface area (TPSA) is 68.9 Å². The molecular weight excluding hydrogens is 504 g/mol. The lowest BCUT2D eigenvalue weighted by Gasteiger charge is -2.12. The monoisotopic (exact) mass is 523 g/mol. The molecule has 136 valence electrons. The van der Waals surface area contributed by atoms with Gasteiger partial charge in [0.15, 0.2) is 5.96 Å². The van der Waals surface area contributed by atoms with Gasteiger partial charge in [0.05, 0.1) is 24.4 Å². The first-order valence-corrected chi connectivity index (χ1v) is 8.05. The first-order chi connectivity index (χ1) is 11.5. The van der Waals surface area contributed by atoms with Gasteiger partial charge in [-0.25, -0.2) is 4.39 Å². The molecule has 2 rings (SSSR count). The smallest absolute Gasteiger partial charge is 0.193 e. The zero-order valence-corrected chi connectivity index (χ0v) is 17.8. The van der Waals surface area contributed by atoms with Gasteiger partial charge >= 0.3 is 0 Å². The second-order valence-corrected chi connectivity index (χ2v) is 5.81. The molecule has 3 N–H and O–H groups in total. The molecule has 0 heterocycles. The van der Waals surface area contributed by atoms with Crippen LogP contribution in [0.3, 0.4) is 0 Å². The normalized spacial score (nSPS) is 10.8. The van der Waals surface area contributed by atoms with E-state index < -0.39 is 0 Å². The van der Waals surface area contributed by atoms with E-state index in [-0.39, 0.29) is 35.8 Å². The Balaban J connectivity index is 0.00000312. The van der Waals surface area contributed by atoms with Crippen LogP contribution >= 0.6 is 39.9 Å². The van der Waals surface area contributed by atoms with E-state index in [1.165, 1.54) is 6.07 Å². The number of methoxy groups -OCH3 is 2. The summed E-state index contributed by atoms with van der Waals surface area (Å²) in [5, 5.41) is 3.00. The third-order valence-electron chi connectivity index (χ3n) is 3.34. The number of hydrogen-bond donors (Lipinski definition) is 2. The van der Waals surface area contributed by atoms with Gasteiger partial charge in [0.25, 0.3) is 0 Å². The van der Waals surface area contributed by atoms with Crippen LogP contribution in [0.1, 0.15) is 5.56 Å². The predicted molar refractivity (Wildman–Crippen MR) is 113 cm³/mol. The van der Waals surface area contributed by atoms with Crippen molar-refractivity contribution >= 4 is 51.6 Å². The van der Waals surface area contributed by atoms with Crippen molar-refractivity contribution in [2.75, 3.05) is 26.1 Å². The molecule has 0 saturated heterocycles. The fraction of sp³-hybridized carbons (Fsp3) is 0.235. The fourth-order valence-corrected chi connectivity index (χ4v) is 2.52. The molecule has 8 heteroatoms. The van der Waals surface area contributed by atoms with Crippen LogP contribution in [-0.2, 0) is 6.42 Å². The highest BCUT2D eigenvalue weighted by Crippen LogP contribution is 2.28. The number of hydrogen-bond acceptors (Lipinski definition) is 3. The highest BCUT2D eigenvalue weighted by Gasteiger charge is 2.06. The van der Waals surface area contributed by atoms with E-state index in [9.17, 15) is 4.39 Å². The Bertz CT molecular complexity index is 744. The lowest BCUT2D eigenvalue weighted by Crippen LogP contribution is -2.23. The van der Waals surface area contributed by atoms with E-state index in [0.29, 0.717) is 34.6 Å². The van der Waals surface area contributed by atoms with Crippen molar-refractivity contribution in [2.24, 2.45) is 10.7 Å². The van der Waals surface area contributed by atoms with Gasteiger partial charge in [-0.1, -0.05) is 6.07 Å². The molecule has 0 atom stereocenters. The average Bonchev–Trinajstić information content (AvgIpc) is 2.58. The summed E-state index contributed by atoms with van der Waals surface area (Å²) in [5.41, 5.74) is 7.55. The van der Waals surface area contributed by atoms with Crippen LogP contribution in [0, 0.1) is 5.82 Å². The standard InChI is InChI=1S/C17H19BrFN3O2.HI/c1-23-12-4-6-16(24-2)15(10-12)22-17(20)21-8-7-11-3-5-14(19)13(18)9-11;/h3-6,9-10H,7-8H2,1-2H3,(H3,20,21,22);1H. The van der Waals surface area contributed by atoms with Crippen molar-refractivity contribution in [2.45, 2.75) is 6.42 Å². The Hall–Kier alpha value is -1.55. The molecule has 0 aliphatic heterocycles. The molecule has 0 aliphatic carbocycles. The third kappa shape index (κ3) is 6.35. The lowest BCUT2D eigenvalue weighted by molar-refractivity contribution is 0.405. The first kappa shape index (κ1) is 21.5. The number of rotatable bonds is 6. The minimum atomic E-state index is -0.284. The second-order valence-electron chi connectivity index (χ2n) is 4.96. The summed E-state index contributed by atoms with van der Waals surface area (Å²) in [6.45, 7) is 0.475. The molecule has 2 aromatic rings. The molecule has 2 aromatic carbocycles. The van der Waals surface area contributed by atoms with E-state index in [4.69, 9.17) is 15.2 Å². The van der Waals surface area contributed by atoms with Crippen LogP contribution < -0.4 is 20.5 Å². The summed E-state index contributed by atoms with van der Waals surface area (Å²) in [7, 11) is 3.16. The van der Waals surface area contributed by atoms with Gasteiger partial charge in [-0.2, -0.15) is 0 Å². The Morgan fingerprint density at radius 1 is 1.20 bits per heavy atom. The van der Waals surface area contributed by atoms with Crippen LogP contribution in [0.4, 0.5) is 10.1 Å². The first-order valence-electron chi connectivity index (χ1n) is 7.26. The maximum Gasteiger partial charge on any atom is 0.193 e. The molecular formula is C17H20BrFIN3O2. The number of anilines is 1. The number of aliphatic imine (C=N–C) groups is 1. The van der Waals surface area contributed by atoms with E-state index in [2.05, 4.69) is 26.2 Å². The molecule has 25 heavy (non-hydrogen) atoms. The number of nitrogens with two attached hydrogens (primary N) is 1. The van der Waals surface area contributed by atoms with Crippen molar-refractivity contribution < 1.29 is 13.9 Å². The fourth-order valence-electron chi connectivity index (χ4n) is 2.09. The molecule has 0 fully saturated rings.